The number of hydrogen-bond acceptors (Lipinski definition) is 4. The topological polar surface area (TPSA) is 42.3 Å². The molecule has 0 amide bonds. The highest BCUT2D eigenvalue weighted by Crippen LogP contribution is 2.22. The Morgan fingerprint density at radius 1 is 1.00 bits per heavy atom. The van der Waals surface area contributed by atoms with Crippen molar-refractivity contribution in [2.45, 2.75) is 50.6 Å². The number of nitrogens with one attached hydrogen (secondary N) is 1. The molecule has 0 aromatic rings. The fraction of sp³-hybridized carbons (Fsp3) is 0.938. The number of rotatable bonds is 6. The molecule has 2 saturated heterocycles. The van der Waals surface area contributed by atoms with Crippen molar-refractivity contribution in [3.05, 3.63) is 0 Å². The Morgan fingerprint density at radius 3 is 2.30 bits per heavy atom. The van der Waals surface area contributed by atoms with E-state index >= 15 is 0 Å². The van der Waals surface area contributed by atoms with Gasteiger partial charge in [-0.15, -0.1) is 0 Å². The van der Waals surface area contributed by atoms with Gasteiger partial charge in [-0.1, -0.05) is 0 Å². The molecule has 0 aromatic carbocycles. The minimum absolute atomic E-state index is 0.0395. The van der Waals surface area contributed by atoms with Crippen molar-refractivity contribution in [2.75, 3.05) is 39.3 Å². The van der Waals surface area contributed by atoms with Gasteiger partial charge in [0.05, 0.1) is 6.07 Å². The molecule has 1 unspecified atom stereocenters. The third kappa shape index (κ3) is 4.18. The van der Waals surface area contributed by atoms with Gasteiger partial charge in [-0.3, -0.25) is 5.32 Å². The normalized spacial score (nSPS) is 27.6. The Kier molecular flexibility index (Phi) is 4.93. The molecule has 0 spiro atoms. The van der Waals surface area contributed by atoms with Crippen molar-refractivity contribution in [2.24, 2.45) is 5.92 Å². The van der Waals surface area contributed by atoms with Crippen LogP contribution in [0.25, 0.3) is 0 Å². The standard InChI is InChI=1S/C16H28N4/c17-11-16(18-15-3-4-15)13-20-9-5-14(6-10-20)12-19-7-1-2-8-19/h14-16,18H,1-10,12-13H2. The second-order valence-corrected chi connectivity index (χ2v) is 6.87. The van der Waals surface area contributed by atoms with Crippen LogP contribution in [-0.4, -0.2) is 61.2 Å². The number of likely N-dealkylation sites (tertiary alicyclic amines) is 2. The lowest BCUT2D eigenvalue weighted by Crippen LogP contribution is -2.45. The molecule has 0 radical (unpaired) electrons. The number of hydrogen-bond donors (Lipinski definition) is 1. The first kappa shape index (κ1) is 14.3. The SMILES string of the molecule is N#CC(CN1CCC(CN2CCCC2)CC1)NC1CC1. The van der Waals surface area contributed by atoms with Crippen LogP contribution in [0.5, 0.6) is 0 Å². The minimum atomic E-state index is 0.0395. The molecule has 1 atom stereocenters. The average Bonchev–Trinajstić information content (AvgIpc) is 3.14. The summed E-state index contributed by atoms with van der Waals surface area (Å²) in [5, 5.41) is 12.7. The van der Waals surface area contributed by atoms with E-state index in [9.17, 15) is 5.26 Å². The second kappa shape index (κ2) is 6.89. The van der Waals surface area contributed by atoms with Crippen LogP contribution < -0.4 is 5.32 Å². The smallest absolute Gasteiger partial charge is 0.108 e. The summed E-state index contributed by atoms with van der Waals surface area (Å²) in [5.41, 5.74) is 0. The van der Waals surface area contributed by atoms with Crippen LogP contribution in [0.1, 0.15) is 38.5 Å². The predicted octanol–water partition coefficient (Wildman–Crippen LogP) is 1.44. The summed E-state index contributed by atoms with van der Waals surface area (Å²) in [6.07, 6.45) is 7.95. The Bertz CT molecular complexity index is 333. The van der Waals surface area contributed by atoms with E-state index in [1.807, 2.05) is 0 Å². The van der Waals surface area contributed by atoms with Gasteiger partial charge in [0.2, 0.25) is 0 Å². The van der Waals surface area contributed by atoms with Crippen molar-refractivity contribution < 1.29 is 0 Å². The molecule has 4 heteroatoms. The van der Waals surface area contributed by atoms with E-state index in [2.05, 4.69) is 21.2 Å². The maximum absolute atomic E-state index is 9.23. The highest BCUT2D eigenvalue weighted by molar-refractivity contribution is 4.97. The molecular formula is C16H28N4. The summed E-state index contributed by atoms with van der Waals surface area (Å²) in [6, 6.07) is 3.10. The maximum atomic E-state index is 9.23. The van der Waals surface area contributed by atoms with Gasteiger partial charge < -0.3 is 9.80 Å². The fourth-order valence-corrected chi connectivity index (χ4v) is 3.61. The lowest BCUT2D eigenvalue weighted by Gasteiger charge is -2.34. The summed E-state index contributed by atoms with van der Waals surface area (Å²) in [7, 11) is 0. The van der Waals surface area contributed by atoms with Crippen LogP contribution in [0.4, 0.5) is 0 Å². The van der Waals surface area contributed by atoms with Gasteiger partial charge in [0.25, 0.3) is 0 Å². The van der Waals surface area contributed by atoms with Crippen molar-refractivity contribution in [1.29, 1.82) is 5.26 Å². The third-order valence-electron chi connectivity index (χ3n) is 5.03. The van der Waals surface area contributed by atoms with Crippen LogP contribution >= 0.6 is 0 Å². The monoisotopic (exact) mass is 276 g/mol. The zero-order valence-electron chi connectivity index (χ0n) is 12.6. The summed E-state index contributed by atoms with van der Waals surface area (Å²) >= 11 is 0. The van der Waals surface area contributed by atoms with E-state index < -0.39 is 0 Å². The van der Waals surface area contributed by atoms with E-state index in [0.717, 1.165) is 12.5 Å². The van der Waals surface area contributed by atoms with Crippen LogP contribution in [0.15, 0.2) is 0 Å². The van der Waals surface area contributed by atoms with Crippen LogP contribution in [-0.2, 0) is 0 Å². The molecule has 3 fully saturated rings. The van der Waals surface area contributed by atoms with E-state index in [0.29, 0.717) is 6.04 Å². The molecule has 0 aromatic heterocycles. The van der Waals surface area contributed by atoms with Crippen molar-refractivity contribution >= 4 is 0 Å². The molecule has 1 aliphatic carbocycles. The van der Waals surface area contributed by atoms with E-state index in [1.54, 1.807) is 0 Å². The lowest BCUT2D eigenvalue weighted by atomic mass is 9.96. The first-order valence-corrected chi connectivity index (χ1v) is 8.44. The molecule has 3 aliphatic rings. The van der Waals surface area contributed by atoms with Gasteiger partial charge in [0, 0.05) is 19.1 Å². The largest absolute Gasteiger partial charge is 0.303 e. The second-order valence-electron chi connectivity index (χ2n) is 6.87. The molecule has 1 saturated carbocycles. The molecule has 0 bridgehead atoms. The van der Waals surface area contributed by atoms with Gasteiger partial charge >= 0.3 is 0 Å². The average molecular weight is 276 g/mol. The lowest BCUT2D eigenvalue weighted by molar-refractivity contribution is 0.149. The summed E-state index contributed by atoms with van der Waals surface area (Å²) in [6.45, 7) is 7.25. The van der Waals surface area contributed by atoms with Crippen molar-refractivity contribution in [3.8, 4) is 6.07 Å². The Balaban J connectivity index is 1.35. The van der Waals surface area contributed by atoms with Gasteiger partial charge in [-0.2, -0.15) is 5.26 Å². The van der Waals surface area contributed by atoms with Gasteiger partial charge in [-0.05, 0) is 70.6 Å². The molecule has 2 heterocycles. The zero-order chi connectivity index (χ0) is 13.8. The van der Waals surface area contributed by atoms with Crippen molar-refractivity contribution in [3.63, 3.8) is 0 Å². The Labute approximate surface area is 123 Å². The van der Waals surface area contributed by atoms with Crippen LogP contribution in [0, 0.1) is 17.2 Å². The fourth-order valence-electron chi connectivity index (χ4n) is 3.61. The molecule has 4 nitrogen and oxygen atoms in total. The van der Waals surface area contributed by atoms with E-state index in [-0.39, 0.29) is 6.04 Å². The molecule has 3 rings (SSSR count). The summed E-state index contributed by atoms with van der Waals surface area (Å²) < 4.78 is 0. The van der Waals surface area contributed by atoms with E-state index in [4.69, 9.17) is 0 Å². The van der Waals surface area contributed by atoms with Gasteiger partial charge in [-0.25, -0.2) is 0 Å². The quantitative estimate of drug-likeness (QED) is 0.797. The molecule has 2 aliphatic heterocycles. The summed E-state index contributed by atoms with van der Waals surface area (Å²) in [4.78, 5) is 5.14. The minimum Gasteiger partial charge on any atom is -0.303 e. The van der Waals surface area contributed by atoms with Crippen LogP contribution in [0.3, 0.4) is 0 Å². The number of piperidine rings is 1. The van der Waals surface area contributed by atoms with Gasteiger partial charge in [0.15, 0.2) is 0 Å². The third-order valence-corrected chi connectivity index (χ3v) is 5.03. The molecule has 20 heavy (non-hydrogen) atoms. The number of nitriles is 1. The van der Waals surface area contributed by atoms with E-state index in [1.165, 1.54) is 71.2 Å². The molecule has 112 valence electrons. The van der Waals surface area contributed by atoms with Gasteiger partial charge in [0.1, 0.15) is 6.04 Å². The Morgan fingerprint density at radius 2 is 1.70 bits per heavy atom. The molecule has 1 N–H and O–H groups in total. The Hall–Kier alpha value is -0.630. The first-order chi connectivity index (χ1) is 9.83. The highest BCUT2D eigenvalue weighted by atomic mass is 15.2. The highest BCUT2D eigenvalue weighted by Gasteiger charge is 2.27. The maximum Gasteiger partial charge on any atom is 0.108 e. The predicted molar refractivity (Wildman–Crippen MR) is 80.4 cm³/mol. The van der Waals surface area contributed by atoms with Crippen LogP contribution in [0.2, 0.25) is 0 Å². The summed E-state index contributed by atoms with van der Waals surface area (Å²) in [5.74, 6) is 0.890. The number of nitrogens with zero attached hydrogens (tertiary/aromatic N) is 3. The molecular weight excluding hydrogens is 248 g/mol. The zero-order valence-corrected chi connectivity index (χ0v) is 12.6. The van der Waals surface area contributed by atoms with Crippen molar-refractivity contribution in [1.82, 2.24) is 15.1 Å². The first-order valence-electron chi connectivity index (χ1n) is 8.44.